The van der Waals surface area contributed by atoms with Crippen molar-refractivity contribution in [3.05, 3.63) is 18.2 Å². The van der Waals surface area contributed by atoms with E-state index in [1.165, 1.54) is 12.5 Å². The van der Waals surface area contributed by atoms with Crippen molar-refractivity contribution in [2.45, 2.75) is 24.6 Å². The molecule has 0 amide bonds. The van der Waals surface area contributed by atoms with Crippen LogP contribution in [0.3, 0.4) is 0 Å². The number of aromatic nitrogens is 2. The second-order valence-electron chi connectivity index (χ2n) is 4.00. The lowest BCUT2D eigenvalue weighted by molar-refractivity contribution is -0.140. The van der Waals surface area contributed by atoms with E-state index in [1.807, 2.05) is 4.72 Å². The van der Waals surface area contributed by atoms with Crippen LogP contribution in [0.2, 0.25) is 0 Å². The Morgan fingerprint density at radius 3 is 2.65 bits per heavy atom. The van der Waals surface area contributed by atoms with E-state index in [0.717, 1.165) is 14.0 Å². The molecule has 0 radical (unpaired) electrons. The number of aromatic amines is 1. The summed E-state index contributed by atoms with van der Waals surface area (Å²) < 4.78 is 30.0. The van der Waals surface area contributed by atoms with Gasteiger partial charge in [-0.2, -0.15) is 4.72 Å². The van der Waals surface area contributed by atoms with Crippen LogP contribution in [-0.2, 0) is 30.8 Å². The van der Waals surface area contributed by atoms with Crippen LogP contribution in [0.4, 0.5) is 0 Å². The number of nitrogens with zero attached hydrogens (tertiary/aromatic N) is 1. The molecule has 1 aromatic heterocycles. The molecule has 0 aliphatic heterocycles. The Morgan fingerprint density at radius 1 is 1.55 bits per heavy atom. The first-order valence-electron chi connectivity index (χ1n) is 5.57. The molecule has 0 fully saturated rings. The molecular weight excluding hydrogens is 290 g/mol. The third-order valence-corrected chi connectivity index (χ3v) is 4.32. The van der Waals surface area contributed by atoms with Crippen LogP contribution in [0.1, 0.15) is 12.6 Å². The van der Waals surface area contributed by atoms with Gasteiger partial charge in [-0.3, -0.25) is 9.59 Å². The maximum absolute atomic E-state index is 11.9. The number of methoxy groups -OCH3 is 1. The summed E-state index contributed by atoms with van der Waals surface area (Å²) in [4.78, 5) is 28.7. The quantitative estimate of drug-likeness (QED) is 0.543. The third kappa shape index (κ3) is 4.03. The molecule has 0 spiro atoms. The highest BCUT2D eigenvalue weighted by molar-refractivity contribution is 7.90. The number of esters is 1. The molecule has 0 bridgehead atoms. The van der Waals surface area contributed by atoms with Gasteiger partial charge >= 0.3 is 11.9 Å². The first-order valence-corrected chi connectivity index (χ1v) is 7.11. The van der Waals surface area contributed by atoms with E-state index < -0.39 is 33.3 Å². The fourth-order valence-electron chi connectivity index (χ4n) is 1.39. The lowest BCUT2D eigenvalue weighted by atomic mass is 10.2. The molecular formula is C10H15N3O6S. The fourth-order valence-corrected chi connectivity index (χ4v) is 2.52. The summed E-state index contributed by atoms with van der Waals surface area (Å²) in [6.07, 6.45) is 2.61. The topological polar surface area (TPSA) is 138 Å². The smallest absolute Gasteiger partial charge is 0.325 e. The number of aliphatic carboxylic acids is 1. The number of hydrogen-bond donors (Lipinski definition) is 3. The van der Waals surface area contributed by atoms with Gasteiger partial charge < -0.3 is 14.8 Å². The number of carbonyl (C=O) groups excluding carboxylic acids is 1. The molecule has 9 nitrogen and oxygen atoms in total. The van der Waals surface area contributed by atoms with Crippen LogP contribution in [0.15, 0.2) is 12.5 Å². The average Bonchev–Trinajstić information content (AvgIpc) is 2.88. The van der Waals surface area contributed by atoms with Gasteiger partial charge in [0.05, 0.1) is 13.4 Å². The Hall–Kier alpha value is -1.94. The second-order valence-corrected chi connectivity index (χ2v) is 6.03. The summed E-state index contributed by atoms with van der Waals surface area (Å²) in [6.45, 7) is 1.11. The highest BCUT2D eigenvalue weighted by atomic mass is 32.2. The monoisotopic (exact) mass is 305 g/mol. The maximum Gasteiger partial charge on any atom is 0.325 e. The number of carbonyl (C=O) groups is 2. The van der Waals surface area contributed by atoms with Crippen LogP contribution in [0.5, 0.6) is 0 Å². The molecule has 20 heavy (non-hydrogen) atoms. The molecule has 0 aromatic carbocycles. The predicted molar refractivity (Wildman–Crippen MR) is 67.2 cm³/mol. The highest BCUT2D eigenvalue weighted by Gasteiger charge is 2.33. The van der Waals surface area contributed by atoms with Gasteiger partial charge in [0.1, 0.15) is 6.04 Å². The lowest BCUT2D eigenvalue weighted by Crippen LogP contribution is -2.47. The molecule has 3 N–H and O–H groups in total. The van der Waals surface area contributed by atoms with Crippen LogP contribution < -0.4 is 4.72 Å². The van der Waals surface area contributed by atoms with Crippen molar-refractivity contribution in [3.63, 3.8) is 0 Å². The number of H-pyrrole nitrogens is 1. The van der Waals surface area contributed by atoms with Gasteiger partial charge in [0.25, 0.3) is 0 Å². The lowest BCUT2D eigenvalue weighted by Gasteiger charge is -2.17. The zero-order valence-electron chi connectivity index (χ0n) is 10.9. The fraction of sp³-hybridized carbons (Fsp3) is 0.500. The van der Waals surface area contributed by atoms with E-state index in [0.29, 0.717) is 5.69 Å². The Balaban J connectivity index is 2.85. The Bertz CT molecular complexity index is 568. The van der Waals surface area contributed by atoms with Gasteiger partial charge in [0, 0.05) is 18.3 Å². The molecule has 0 saturated carbocycles. The zero-order chi connectivity index (χ0) is 15.3. The number of hydrogen-bond acceptors (Lipinski definition) is 6. The van der Waals surface area contributed by atoms with Gasteiger partial charge in [0.2, 0.25) is 10.0 Å². The van der Waals surface area contributed by atoms with Crippen LogP contribution in [-0.4, -0.2) is 53.8 Å². The Labute approximate surface area is 115 Å². The molecule has 0 aliphatic carbocycles. The van der Waals surface area contributed by atoms with Gasteiger partial charge in [-0.15, -0.1) is 0 Å². The standard InChI is InChI=1S/C10H15N3O6S/c1-6(10(16)19-2)20(17,18)13-8(9(14)15)3-7-4-11-5-12-7/h4-6,8,13H,3H2,1-2H3,(H,11,12)(H,14,15)/t6?,8-/m0/s1. The minimum Gasteiger partial charge on any atom is -0.480 e. The number of ether oxygens (including phenoxy) is 1. The maximum atomic E-state index is 11.9. The number of imidazole rings is 1. The summed E-state index contributed by atoms with van der Waals surface area (Å²) in [6, 6.07) is -1.41. The first-order chi connectivity index (χ1) is 9.27. The number of nitrogens with one attached hydrogen (secondary N) is 2. The molecule has 112 valence electrons. The van der Waals surface area contributed by atoms with Crippen molar-refractivity contribution < 1.29 is 27.9 Å². The average molecular weight is 305 g/mol. The van der Waals surface area contributed by atoms with Gasteiger partial charge in [0.15, 0.2) is 5.25 Å². The molecule has 0 saturated heterocycles. The van der Waals surface area contributed by atoms with E-state index >= 15 is 0 Å². The predicted octanol–water partition coefficient (Wildman–Crippen LogP) is -1.11. The van der Waals surface area contributed by atoms with Crippen LogP contribution >= 0.6 is 0 Å². The molecule has 1 unspecified atom stereocenters. The first kappa shape index (κ1) is 16.1. The van der Waals surface area contributed by atoms with E-state index in [1.54, 1.807) is 0 Å². The summed E-state index contributed by atoms with van der Waals surface area (Å²) in [5.74, 6) is -2.33. The van der Waals surface area contributed by atoms with Crippen molar-refractivity contribution in [2.75, 3.05) is 7.11 Å². The Kier molecular flexibility index (Phi) is 5.22. The molecule has 1 heterocycles. The number of rotatable bonds is 7. The van der Waals surface area contributed by atoms with E-state index in [9.17, 15) is 18.0 Å². The molecule has 1 aromatic rings. The van der Waals surface area contributed by atoms with E-state index in [4.69, 9.17) is 5.11 Å². The molecule has 0 aliphatic rings. The van der Waals surface area contributed by atoms with Crippen LogP contribution in [0.25, 0.3) is 0 Å². The minimum atomic E-state index is -4.16. The SMILES string of the molecule is COC(=O)C(C)S(=O)(=O)N[C@@H](Cc1cnc[nH]1)C(=O)O. The number of carboxylic acids is 1. The third-order valence-electron chi connectivity index (χ3n) is 2.58. The summed E-state index contributed by atoms with van der Waals surface area (Å²) in [5, 5.41) is 7.53. The van der Waals surface area contributed by atoms with Gasteiger partial charge in [-0.1, -0.05) is 0 Å². The molecule has 10 heteroatoms. The largest absolute Gasteiger partial charge is 0.480 e. The normalized spacial score (nSPS) is 14.5. The zero-order valence-corrected chi connectivity index (χ0v) is 11.7. The summed E-state index contributed by atoms with van der Waals surface area (Å²) in [7, 11) is -3.11. The van der Waals surface area contributed by atoms with Gasteiger partial charge in [-0.25, -0.2) is 13.4 Å². The van der Waals surface area contributed by atoms with Crippen molar-refractivity contribution in [1.82, 2.24) is 14.7 Å². The minimum absolute atomic E-state index is 0.123. The summed E-state index contributed by atoms with van der Waals surface area (Å²) >= 11 is 0. The molecule has 1 rings (SSSR count). The molecule has 2 atom stereocenters. The van der Waals surface area contributed by atoms with E-state index in [-0.39, 0.29) is 6.42 Å². The number of sulfonamides is 1. The van der Waals surface area contributed by atoms with Crippen molar-refractivity contribution >= 4 is 22.0 Å². The number of carboxylic acid groups (broad SMARTS) is 1. The summed E-state index contributed by atoms with van der Waals surface area (Å²) in [5.41, 5.74) is 0.450. The highest BCUT2D eigenvalue weighted by Crippen LogP contribution is 2.06. The Morgan fingerprint density at radius 2 is 2.20 bits per heavy atom. The van der Waals surface area contributed by atoms with Crippen molar-refractivity contribution in [3.8, 4) is 0 Å². The van der Waals surface area contributed by atoms with Gasteiger partial charge in [-0.05, 0) is 6.92 Å². The second kappa shape index (κ2) is 6.48. The van der Waals surface area contributed by atoms with Crippen molar-refractivity contribution in [2.24, 2.45) is 0 Å². The van der Waals surface area contributed by atoms with Crippen LogP contribution in [0, 0.1) is 0 Å². The van der Waals surface area contributed by atoms with Crippen molar-refractivity contribution in [1.29, 1.82) is 0 Å². The van der Waals surface area contributed by atoms with E-state index in [2.05, 4.69) is 14.7 Å².